The molecule has 1 amide bonds. The second-order valence-electron chi connectivity index (χ2n) is 5.39. The number of aromatic carboxylic acids is 1. The number of carbonyl (C=O) groups is 2. The number of amides is 1. The number of carboxylic acids is 1. The van der Waals surface area contributed by atoms with Crippen LogP contribution in [-0.2, 0) is 11.2 Å². The van der Waals surface area contributed by atoms with Crippen molar-refractivity contribution in [2.75, 3.05) is 13.2 Å². The van der Waals surface area contributed by atoms with Crippen LogP contribution in [0.15, 0.2) is 24.3 Å². The lowest BCUT2D eigenvalue weighted by Gasteiger charge is -2.25. The monoisotopic (exact) mass is 291 g/mol. The smallest absolute Gasteiger partial charge is 0.335 e. The number of aliphatic hydroxyl groups excluding tert-OH is 1. The average molecular weight is 291 g/mol. The number of aliphatic hydroxyl groups is 1. The highest BCUT2D eigenvalue weighted by atomic mass is 16.4. The van der Waals surface area contributed by atoms with E-state index in [9.17, 15) is 9.59 Å². The standard InChI is InChI=1S/C16H21NO4/c18-10-4-7-13-6-3-9-17(13)15(19)11-12-5-1-2-8-14(12)16(20)21/h1-2,5,8,13,18H,3-4,6-7,9-11H2,(H,20,21). The predicted octanol–water partition coefficient (Wildman–Crippen LogP) is 1.69. The summed E-state index contributed by atoms with van der Waals surface area (Å²) in [6.45, 7) is 0.866. The Hall–Kier alpha value is -1.88. The lowest BCUT2D eigenvalue weighted by Crippen LogP contribution is -2.36. The second-order valence-corrected chi connectivity index (χ2v) is 5.39. The minimum Gasteiger partial charge on any atom is -0.478 e. The van der Waals surface area contributed by atoms with Crippen LogP contribution in [0.2, 0.25) is 0 Å². The maximum atomic E-state index is 12.4. The van der Waals surface area contributed by atoms with Crippen LogP contribution in [0.3, 0.4) is 0 Å². The third-order valence-corrected chi connectivity index (χ3v) is 3.98. The number of rotatable bonds is 6. The second kappa shape index (κ2) is 7.22. The number of hydrogen-bond donors (Lipinski definition) is 2. The highest BCUT2D eigenvalue weighted by molar-refractivity contribution is 5.91. The highest BCUT2D eigenvalue weighted by Crippen LogP contribution is 2.23. The fraction of sp³-hybridized carbons (Fsp3) is 0.500. The largest absolute Gasteiger partial charge is 0.478 e. The molecule has 114 valence electrons. The van der Waals surface area contributed by atoms with Gasteiger partial charge in [0.25, 0.3) is 0 Å². The molecular formula is C16H21NO4. The highest BCUT2D eigenvalue weighted by Gasteiger charge is 2.28. The summed E-state index contributed by atoms with van der Waals surface area (Å²) >= 11 is 0. The van der Waals surface area contributed by atoms with E-state index in [4.69, 9.17) is 10.2 Å². The van der Waals surface area contributed by atoms with Crippen LogP contribution in [0.5, 0.6) is 0 Å². The van der Waals surface area contributed by atoms with E-state index in [1.165, 1.54) is 6.07 Å². The molecule has 21 heavy (non-hydrogen) atoms. The zero-order chi connectivity index (χ0) is 15.2. The summed E-state index contributed by atoms with van der Waals surface area (Å²) in [4.78, 5) is 25.5. The molecule has 1 saturated heterocycles. The molecule has 1 aromatic carbocycles. The number of likely N-dealkylation sites (tertiary alicyclic amines) is 1. The van der Waals surface area contributed by atoms with Crippen molar-refractivity contribution in [2.45, 2.75) is 38.1 Å². The van der Waals surface area contributed by atoms with E-state index in [0.717, 1.165) is 25.8 Å². The quantitative estimate of drug-likeness (QED) is 0.836. The number of nitrogens with zero attached hydrogens (tertiary/aromatic N) is 1. The van der Waals surface area contributed by atoms with Gasteiger partial charge in [-0.05, 0) is 37.3 Å². The van der Waals surface area contributed by atoms with Gasteiger partial charge in [0, 0.05) is 19.2 Å². The third kappa shape index (κ3) is 3.82. The maximum absolute atomic E-state index is 12.4. The first-order valence-corrected chi connectivity index (χ1v) is 7.35. The van der Waals surface area contributed by atoms with E-state index < -0.39 is 5.97 Å². The topological polar surface area (TPSA) is 77.8 Å². The molecule has 1 atom stereocenters. The molecule has 0 spiro atoms. The molecule has 0 saturated carbocycles. The van der Waals surface area contributed by atoms with E-state index in [-0.39, 0.29) is 30.5 Å². The summed E-state index contributed by atoms with van der Waals surface area (Å²) in [6.07, 6.45) is 3.57. The Labute approximate surface area is 124 Å². The fourth-order valence-electron chi connectivity index (χ4n) is 2.94. The first-order chi connectivity index (χ1) is 10.1. The number of benzene rings is 1. The first-order valence-electron chi connectivity index (χ1n) is 7.35. The molecule has 0 aromatic heterocycles. The normalized spacial score (nSPS) is 18.0. The van der Waals surface area contributed by atoms with Gasteiger partial charge < -0.3 is 15.1 Å². The van der Waals surface area contributed by atoms with Gasteiger partial charge in [0.05, 0.1) is 12.0 Å². The Bertz CT molecular complexity index is 515. The van der Waals surface area contributed by atoms with Gasteiger partial charge in [-0.1, -0.05) is 18.2 Å². The molecule has 1 fully saturated rings. The summed E-state index contributed by atoms with van der Waals surface area (Å²) in [5.74, 6) is -1.03. The van der Waals surface area contributed by atoms with E-state index in [2.05, 4.69) is 0 Å². The third-order valence-electron chi connectivity index (χ3n) is 3.98. The molecule has 5 nitrogen and oxygen atoms in total. The van der Waals surface area contributed by atoms with Crippen LogP contribution in [0.25, 0.3) is 0 Å². The van der Waals surface area contributed by atoms with E-state index in [0.29, 0.717) is 12.0 Å². The van der Waals surface area contributed by atoms with E-state index >= 15 is 0 Å². The van der Waals surface area contributed by atoms with Gasteiger partial charge in [-0.2, -0.15) is 0 Å². The zero-order valence-electron chi connectivity index (χ0n) is 12.0. The summed E-state index contributed by atoms with van der Waals surface area (Å²) in [6, 6.07) is 6.82. The van der Waals surface area contributed by atoms with Gasteiger partial charge in [-0.25, -0.2) is 4.79 Å². The molecule has 1 unspecified atom stereocenters. The van der Waals surface area contributed by atoms with Gasteiger partial charge in [0.2, 0.25) is 5.91 Å². The van der Waals surface area contributed by atoms with Gasteiger partial charge >= 0.3 is 5.97 Å². The lowest BCUT2D eigenvalue weighted by atomic mass is 10.0. The van der Waals surface area contributed by atoms with E-state index in [1.54, 1.807) is 18.2 Å². The minimum atomic E-state index is -1.00. The van der Waals surface area contributed by atoms with Crippen LogP contribution in [-0.4, -0.2) is 46.2 Å². The summed E-state index contributed by atoms with van der Waals surface area (Å²) in [5.41, 5.74) is 0.750. The van der Waals surface area contributed by atoms with Crippen molar-refractivity contribution in [1.82, 2.24) is 4.90 Å². The Morgan fingerprint density at radius 2 is 2.05 bits per heavy atom. The van der Waals surface area contributed by atoms with Gasteiger partial charge in [0.15, 0.2) is 0 Å². The van der Waals surface area contributed by atoms with Gasteiger partial charge in [-0.15, -0.1) is 0 Å². The van der Waals surface area contributed by atoms with Crippen molar-refractivity contribution in [3.63, 3.8) is 0 Å². The molecule has 5 heteroatoms. The fourth-order valence-corrected chi connectivity index (χ4v) is 2.94. The summed E-state index contributed by atoms with van der Waals surface area (Å²) < 4.78 is 0. The van der Waals surface area contributed by atoms with Gasteiger partial charge in [0.1, 0.15) is 0 Å². The molecule has 1 aliphatic rings. The van der Waals surface area contributed by atoms with Crippen LogP contribution >= 0.6 is 0 Å². The number of hydrogen-bond acceptors (Lipinski definition) is 3. The predicted molar refractivity (Wildman–Crippen MR) is 78.2 cm³/mol. The minimum absolute atomic E-state index is 0.0239. The molecule has 1 aliphatic heterocycles. The number of carbonyl (C=O) groups excluding carboxylic acids is 1. The zero-order valence-corrected chi connectivity index (χ0v) is 12.0. The van der Waals surface area contributed by atoms with Crippen molar-refractivity contribution in [3.05, 3.63) is 35.4 Å². The van der Waals surface area contributed by atoms with Crippen molar-refractivity contribution in [3.8, 4) is 0 Å². The maximum Gasteiger partial charge on any atom is 0.335 e. The average Bonchev–Trinajstić information content (AvgIpc) is 2.94. The molecule has 0 bridgehead atoms. The molecule has 2 N–H and O–H groups in total. The summed E-state index contributed by atoms with van der Waals surface area (Å²) in [7, 11) is 0. The molecule has 0 aliphatic carbocycles. The van der Waals surface area contributed by atoms with Crippen molar-refractivity contribution in [1.29, 1.82) is 0 Å². The Kier molecular flexibility index (Phi) is 5.33. The van der Waals surface area contributed by atoms with Crippen molar-refractivity contribution >= 4 is 11.9 Å². The van der Waals surface area contributed by atoms with Crippen LogP contribution < -0.4 is 0 Å². The number of carboxylic acid groups (broad SMARTS) is 1. The van der Waals surface area contributed by atoms with Crippen LogP contribution in [0.1, 0.15) is 41.6 Å². The Morgan fingerprint density at radius 3 is 2.76 bits per heavy atom. The Morgan fingerprint density at radius 1 is 1.29 bits per heavy atom. The molecular weight excluding hydrogens is 270 g/mol. The van der Waals surface area contributed by atoms with Crippen LogP contribution in [0, 0.1) is 0 Å². The molecule has 1 aromatic rings. The van der Waals surface area contributed by atoms with Crippen molar-refractivity contribution < 1.29 is 19.8 Å². The molecule has 1 heterocycles. The molecule has 0 radical (unpaired) electrons. The summed E-state index contributed by atoms with van der Waals surface area (Å²) in [5, 5.41) is 18.1. The van der Waals surface area contributed by atoms with Crippen molar-refractivity contribution in [2.24, 2.45) is 0 Å². The van der Waals surface area contributed by atoms with E-state index in [1.807, 2.05) is 4.90 Å². The Balaban J connectivity index is 2.06. The van der Waals surface area contributed by atoms with Crippen LogP contribution in [0.4, 0.5) is 0 Å². The SMILES string of the molecule is O=C(O)c1ccccc1CC(=O)N1CCCC1CCCO. The lowest BCUT2D eigenvalue weighted by molar-refractivity contribution is -0.131. The first kappa shape index (κ1) is 15.5. The molecule has 2 rings (SSSR count). The van der Waals surface area contributed by atoms with Gasteiger partial charge in [-0.3, -0.25) is 4.79 Å².